The van der Waals surface area contributed by atoms with Crippen LogP contribution in [-0.2, 0) is 6.54 Å². The van der Waals surface area contributed by atoms with Gasteiger partial charge in [0.15, 0.2) is 0 Å². The summed E-state index contributed by atoms with van der Waals surface area (Å²) in [6.45, 7) is 4.35. The minimum Gasteiger partial charge on any atom is -0.366 e. The zero-order valence-corrected chi connectivity index (χ0v) is 11.6. The molecule has 0 aromatic heterocycles. The topological polar surface area (TPSA) is 58.4 Å². The lowest BCUT2D eigenvalue weighted by atomic mass is 9.97. The van der Waals surface area contributed by atoms with Gasteiger partial charge < -0.3 is 16.0 Å². The van der Waals surface area contributed by atoms with Crippen molar-refractivity contribution in [1.29, 1.82) is 0 Å². The zero-order valence-electron chi connectivity index (χ0n) is 11.6. The van der Waals surface area contributed by atoms with E-state index in [2.05, 4.69) is 17.3 Å². The lowest BCUT2D eigenvalue weighted by molar-refractivity contribution is 0.100. The Morgan fingerprint density at radius 3 is 2.53 bits per heavy atom. The number of amides is 1. The molecular weight excluding hydrogens is 238 g/mol. The van der Waals surface area contributed by atoms with Crippen LogP contribution >= 0.6 is 0 Å². The Labute approximate surface area is 115 Å². The normalized spacial score (nSPS) is 16.7. The van der Waals surface area contributed by atoms with Crippen LogP contribution in [0.15, 0.2) is 24.3 Å². The highest BCUT2D eigenvalue weighted by atomic mass is 16.1. The van der Waals surface area contributed by atoms with E-state index in [1.54, 1.807) is 12.1 Å². The molecule has 104 valence electrons. The Kier molecular flexibility index (Phi) is 4.93. The second-order valence-corrected chi connectivity index (χ2v) is 5.45. The number of nitrogens with one attached hydrogen (secondary N) is 1. The molecule has 1 heterocycles. The molecule has 0 aliphatic carbocycles. The predicted octanol–water partition coefficient (Wildman–Crippen LogP) is 1.22. The first kappa shape index (κ1) is 14.0. The summed E-state index contributed by atoms with van der Waals surface area (Å²) >= 11 is 0. The SMILES string of the molecule is CN(Cc1ccc(C(N)=O)cc1)CC1CCNCC1. The molecule has 0 saturated carbocycles. The standard InChI is InChI=1S/C15H23N3O/c1-18(11-13-6-8-17-9-7-13)10-12-2-4-14(5-3-12)15(16)19/h2-5,13,17H,6-11H2,1H3,(H2,16,19). The van der Waals surface area contributed by atoms with Gasteiger partial charge in [0.25, 0.3) is 0 Å². The third-order valence-electron chi connectivity index (χ3n) is 3.72. The van der Waals surface area contributed by atoms with Gasteiger partial charge in [0, 0.05) is 18.7 Å². The van der Waals surface area contributed by atoms with Crippen LogP contribution in [0.4, 0.5) is 0 Å². The second kappa shape index (κ2) is 6.68. The van der Waals surface area contributed by atoms with Crippen molar-refractivity contribution in [3.05, 3.63) is 35.4 Å². The number of piperidine rings is 1. The van der Waals surface area contributed by atoms with Crippen molar-refractivity contribution in [2.45, 2.75) is 19.4 Å². The molecule has 1 aromatic carbocycles. The van der Waals surface area contributed by atoms with Gasteiger partial charge in [-0.15, -0.1) is 0 Å². The minimum atomic E-state index is -0.366. The maximum Gasteiger partial charge on any atom is 0.248 e. The fourth-order valence-corrected chi connectivity index (χ4v) is 2.66. The van der Waals surface area contributed by atoms with Gasteiger partial charge >= 0.3 is 0 Å². The molecule has 1 amide bonds. The molecule has 1 aliphatic heterocycles. The maximum atomic E-state index is 11.0. The van der Waals surface area contributed by atoms with Gasteiger partial charge in [0.2, 0.25) is 5.91 Å². The number of rotatable bonds is 5. The Morgan fingerprint density at radius 1 is 1.32 bits per heavy atom. The summed E-state index contributed by atoms with van der Waals surface area (Å²) in [6, 6.07) is 7.57. The highest BCUT2D eigenvalue weighted by Gasteiger charge is 2.15. The summed E-state index contributed by atoms with van der Waals surface area (Å²) in [4.78, 5) is 13.4. The van der Waals surface area contributed by atoms with Crippen LogP contribution in [0.5, 0.6) is 0 Å². The van der Waals surface area contributed by atoms with Gasteiger partial charge in [0.05, 0.1) is 0 Å². The Hall–Kier alpha value is -1.39. The maximum absolute atomic E-state index is 11.0. The first-order valence-corrected chi connectivity index (χ1v) is 6.93. The molecule has 3 N–H and O–H groups in total. The molecule has 0 spiro atoms. The van der Waals surface area contributed by atoms with Gasteiger partial charge in [-0.25, -0.2) is 0 Å². The third-order valence-corrected chi connectivity index (χ3v) is 3.72. The molecule has 1 fully saturated rings. The molecule has 2 rings (SSSR count). The van der Waals surface area contributed by atoms with Crippen molar-refractivity contribution >= 4 is 5.91 Å². The number of nitrogens with two attached hydrogens (primary N) is 1. The molecule has 0 radical (unpaired) electrons. The van der Waals surface area contributed by atoms with E-state index in [0.29, 0.717) is 5.56 Å². The minimum absolute atomic E-state index is 0.366. The van der Waals surface area contributed by atoms with Crippen LogP contribution in [0.1, 0.15) is 28.8 Å². The largest absolute Gasteiger partial charge is 0.366 e. The highest BCUT2D eigenvalue weighted by molar-refractivity contribution is 5.92. The van der Waals surface area contributed by atoms with E-state index in [4.69, 9.17) is 5.73 Å². The molecule has 1 saturated heterocycles. The summed E-state index contributed by atoms with van der Waals surface area (Å²) in [5.41, 5.74) is 7.03. The van der Waals surface area contributed by atoms with Gasteiger partial charge in [-0.1, -0.05) is 12.1 Å². The predicted molar refractivity (Wildman–Crippen MR) is 76.9 cm³/mol. The van der Waals surface area contributed by atoms with Crippen LogP contribution in [0.25, 0.3) is 0 Å². The van der Waals surface area contributed by atoms with Gasteiger partial charge in [0.1, 0.15) is 0 Å². The molecule has 4 nitrogen and oxygen atoms in total. The van der Waals surface area contributed by atoms with Crippen molar-refractivity contribution in [2.75, 3.05) is 26.7 Å². The molecular formula is C15H23N3O. The Morgan fingerprint density at radius 2 is 1.95 bits per heavy atom. The molecule has 4 heteroatoms. The van der Waals surface area contributed by atoms with E-state index in [1.807, 2.05) is 12.1 Å². The third kappa shape index (κ3) is 4.33. The molecule has 0 unspecified atom stereocenters. The summed E-state index contributed by atoms with van der Waals surface area (Å²) in [6.07, 6.45) is 2.54. The average molecular weight is 261 g/mol. The highest BCUT2D eigenvalue weighted by Crippen LogP contribution is 2.14. The number of carbonyl (C=O) groups is 1. The van der Waals surface area contributed by atoms with Gasteiger partial charge in [-0.05, 0) is 56.6 Å². The molecule has 0 bridgehead atoms. The zero-order chi connectivity index (χ0) is 13.7. The van der Waals surface area contributed by atoms with Crippen molar-refractivity contribution in [2.24, 2.45) is 11.7 Å². The fraction of sp³-hybridized carbons (Fsp3) is 0.533. The van der Waals surface area contributed by atoms with Crippen LogP contribution in [0, 0.1) is 5.92 Å². The number of nitrogens with zero attached hydrogens (tertiary/aromatic N) is 1. The van der Waals surface area contributed by atoms with Crippen LogP contribution in [0.2, 0.25) is 0 Å². The van der Waals surface area contributed by atoms with Crippen LogP contribution in [0.3, 0.4) is 0 Å². The summed E-state index contributed by atoms with van der Waals surface area (Å²) in [5.74, 6) is 0.436. The van der Waals surface area contributed by atoms with Crippen molar-refractivity contribution in [3.8, 4) is 0 Å². The number of benzene rings is 1. The fourth-order valence-electron chi connectivity index (χ4n) is 2.66. The number of hydrogen-bond acceptors (Lipinski definition) is 3. The van der Waals surface area contributed by atoms with Crippen LogP contribution in [-0.4, -0.2) is 37.5 Å². The lowest BCUT2D eigenvalue weighted by Gasteiger charge is -2.27. The Balaban J connectivity index is 1.83. The average Bonchev–Trinajstić information content (AvgIpc) is 2.40. The van der Waals surface area contributed by atoms with Crippen molar-refractivity contribution in [1.82, 2.24) is 10.2 Å². The van der Waals surface area contributed by atoms with E-state index in [0.717, 1.165) is 32.1 Å². The first-order valence-electron chi connectivity index (χ1n) is 6.93. The first-order chi connectivity index (χ1) is 9.15. The Bertz CT molecular complexity index is 410. The molecule has 1 aliphatic rings. The van der Waals surface area contributed by atoms with E-state index in [-0.39, 0.29) is 5.91 Å². The monoisotopic (exact) mass is 261 g/mol. The molecule has 1 aromatic rings. The van der Waals surface area contributed by atoms with E-state index in [1.165, 1.54) is 18.4 Å². The molecule has 19 heavy (non-hydrogen) atoms. The van der Waals surface area contributed by atoms with E-state index >= 15 is 0 Å². The second-order valence-electron chi connectivity index (χ2n) is 5.45. The number of carbonyl (C=O) groups excluding carboxylic acids is 1. The molecule has 0 atom stereocenters. The van der Waals surface area contributed by atoms with Crippen LogP contribution < -0.4 is 11.1 Å². The van der Waals surface area contributed by atoms with E-state index < -0.39 is 0 Å². The summed E-state index contributed by atoms with van der Waals surface area (Å²) in [7, 11) is 2.16. The number of primary amides is 1. The summed E-state index contributed by atoms with van der Waals surface area (Å²) in [5, 5.41) is 3.39. The summed E-state index contributed by atoms with van der Waals surface area (Å²) < 4.78 is 0. The van der Waals surface area contributed by atoms with E-state index in [9.17, 15) is 4.79 Å². The number of hydrogen-bond donors (Lipinski definition) is 2. The van der Waals surface area contributed by atoms with Crippen molar-refractivity contribution < 1.29 is 4.79 Å². The van der Waals surface area contributed by atoms with Gasteiger partial charge in [-0.3, -0.25) is 4.79 Å². The van der Waals surface area contributed by atoms with Crippen molar-refractivity contribution in [3.63, 3.8) is 0 Å². The van der Waals surface area contributed by atoms with Gasteiger partial charge in [-0.2, -0.15) is 0 Å². The lowest BCUT2D eigenvalue weighted by Crippen LogP contribution is -2.34. The smallest absolute Gasteiger partial charge is 0.248 e. The quantitative estimate of drug-likeness (QED) is 0.838.